The number of aryl methyl sites for hydroxylation is 1. The highest BCUT2D eigenvalue weighted by Gasteiger charge is 2.24. The zero-order valence-corrected chi connectivity index (χ0v) is 19.3. The zero-order chi connectivity index (χ0) is 23.5. The van der Waals surface area contributed by atoms with Crippen LogP contribution in [0.3, 0.4) is 0 Å². The van der Waals surface area contributed by atoms with Gasteiger partial charge in [-0.05, 0) is 69.0 Å². The number of aromatic hydroxyl groups is 1. The van der Waals surface area contributed by atoms with Crippen LogP contribution >= 0.6 is 0 Å². The molecule has 0 saturated carbocycles. The van der Waals surface area contributed by atoms with Gasteiger partial charge in [0.05, 0.1) is 36.2 Å². The number of esters is 1. The zero-order valence-electron chi connectivity index (χ0n) is 19.3. The number of piperidine rings is 1. The Morgan fingerprint density at radius 3 is 2.52 bits per heavy atom. The number of phenolic OH excluding ortho intramolecular Hbond substituents is 1. The summed E-state index contributed by atoms with van der Waals surface area (Å²) in [6.45, 7) is 8.65. The number of likely N-dealkylation sites (tertiary alicyclic amines) is 1. The van der Waals surface area contributed by atoms with Gasteiger partial charge in [-0.15, -0.1) is 0 Å². The highest BCUT2D eigenvalue weighted by atomic mass is 16.5. The molecule has 1 aliphatic rings. The third-order valence-corrected chi connectivity index (χ3v) is 6.26. The maximum Gasteiger partial charge on any atom is 0.338 e. The molecule has 2 N–H and O–H groups in total. The van der Waals surface area contributed by atoms with E-state index in [1.165, 1.54) is 4.90 Å². The fourth-order valence-corrected chi connectivity index (χ4v) is 4.27. The molecule has 4 rings (SSSR count). The van der Waals surface area contributed by atoms with Gasteiger partial charge in [-0.1, -0.05) is 6.92 Å². The van der Waals surface area contributed by atoms with E-state index in [9.17, 15) is 14.7 Å². The first-order valence-electron chi connectivity index (χ1n) is 11.4. The number of nitrogens with one attached hydrogen (secondary N) is 1. The monoisotopic (exact) mass is 452 g/mol. The topological polar surface area (TPSA) is 90.4 Å². The molecular weight excluding hydrogens is 422 g/mol. The van der Waals surface area contributed by atoms with Crippen molar-refractivity contribution in [1.29, 1.82) is 0 Å². The van der Waals surface area contributed by atoms with E-state index in [1.54, 1.807) is 50.2 Å². The number of benzene rings is 2. The van der Waals surface area contributed by atoms with Crippen molar-refractivity contribution in [2.45, 2.75) is 40.2 Å². The summed E-state index contributed by atoms with van der Waals surface area (Å²) in [6, 6.07) is 9.52. The summed E-state index contributed by atoms with van der Waals surface area (Å²) in [5.74, 6) is 1.27. The van der Waals surface area contributed by atoms with Crippen LogP contribution in [0, 0.1) is 12.8 Å². The number of hydrogen-bond acceptors (Lipinski definition) is 6. The van der Waals surface area contributed by atoms with Crippen LogP contribution in [0.2, 0.25) is 0 Å². The minimum Gasteiger partial charge on any atom is -0.507 e. The van der Waals surface area contributed by atoms with Gasteiger partial charge in [0.25, 0.3) is 0 Å². The van der Waals surface area contributed by atoms with Crippen molar-refractivity contribution in [3.63, 3.8) is 0 Å². The van der Waals surface area contributed by atoms with Crippen LogP contribution in [-0.2, 0) is 11.3 Å². The van der Waals surface area contributed by atoms with Gasteiger partial charge in [0.15, 0.2) is 5.58 Å². The SMILES string of the molecule is CCOC(=O)c1ccc(Oc2c(C)oc3c(C[NH+]4CCC(C)CC4)c(O)ccc3c2=O)cc1. The van der Waals surface area contributed by atoms with Crippen LogP contribution in [0.5, 0.6) is 17.2 Å². The molecular formula is C26H30NO6+. The highest BCUT2D eigenvalue weighted by Crippen LogP contribution is 2.30. The third-order valence-electron chi connectivity index (χ3n) is 6.26. The van der Waals surface area contributed by atoms with E-state index >= 15 is 0 Å². The Hall–Kier alpha value is -3.32. The Balaban J connectivity index is 1.64. The third kappa shape index (κ3) is 4.88. The predicted octanol–water partition coefficient (Wildman–Crippen LogP) is 3.59. The summed E-state index contributed by atoms with van der Waals surface area (Å²) in [5, 5.41) is 10.9. The quantitative estimate of drug-likeness (QED) is 0.556. The molecule has 0 radical (unpaired) electrons. The molecule has 0 unspecified atom stereocenters. The van der Waals surface area contributed by atoms with Crippen LogP contribution in [0.15, 0.2) is 45.6 Å². The van der Waals surface area contributed by atoms with Gasteiger partial charge in [0.1, 0.15) is 23.8 Å². The van der Waals surface area contributed by atoms with E-state index < -0.39 is 5.97 Å². The molecule has 1 saturated heterocycles. The molecule has 3 aromatic rings. The van der Waals surface area contributed by atoms with Crippen LogP contribution in [0.4, 0.5) is 0 Å². The first-order chi connectivity index (χ1) is 15.9. The van der Waals surface area contributed by atoms with Gasteiger partial charge < -0.3 is 23.9 Å². The number of quaternary nitrogens is 1. The van der Waals surface area contributed by atoms with E-state index in [4.69, 9.17) is 13.9 Å². The van der Waals surface area contributed by atoms with Crippen LogP contribution < -0.4 is 15.1 Å². The lowest BCUT2D eigenvalue weighted by Crippen LogP contribution is -3.11. The molecule has 0 spiro atoms. The van der Waals surface area contributed by atoms with E-state index in [2.05, 4.69) is 6.92 Å². The maximum atomic E-state index is 13.3. The van der Waals surface area contributed by atoms with E-state index in [0.717, 1.165) is 31.8 Å². The van der Waals surface area contributed by atoms with Crippen molar-refractivity contribution in [1.82, 2.24) is 0 Å². The Morgan fingerprint density at radius 2 is 1.85 bits per heavy atom. The van der Waals surface area contributed by atoms with Gasteiger partial charge in [-0.25, -0.2) is 4.79 Å². The van der Waals surface area contributed by atoms with Crippen LogP contribution in [0.25, 0.3) is 11.0 Å². The minimum absolute atomic E-state index is 0.0853. The standard InChI is InChI=1S/C26H29NO6/c1-4-31-26(30)18-5-7-19(8-6-18)33-24-17(3)32-25-20(23(24)29)9-10-22(28)21(25)15-27-13-11-16(2)12-14-27/h5-10,16,28H,4,11-15H2,1-3H3/p+1. The first kappa shape index (κ1) is 22.9. The first-order valence-corrected chi connectivity index (χ1v) is 11.4. The predicted molar refractivity (Wildman–Crippen MR) is 124 cm³/mol. The highest BCUT2D eigenvalue weighted by molar-refractivity contribution is 5.89. The largest absolute Gasteiger partial charge is 0.507 e. The number of carbonyl (C=O) groups excluding carboxylic acids is 1. The lowest BCUT2D eigenvalue weighted by Gasteiger charge is -2.27. The smallest absolute Gasteiger partial charge is 0.338 e. The number of rotatable bonds is 6. The maximum absolute atomic E-state index is 13.3. The Kier molecular flexibility index (Phi) is 6.70. The molecule has 1 fully saturated rings. The second-order valence-electron chi connectivity index (χ2n) is 8.71. The molecule has 7 heteroatoms. The van der Waals surface area contributed by atoms with Gasteiger partial charge in [-0.3, -0.25) is 4.79 Å². The number of hydrogen-bond donors (Lipinski definition) is 2. The van der Waals surface area contributed by atoms with Crippen molar-refractivity contribution >= 4 is 16.9 Å². The van der Waals surface area contributed by atoms with Crippen molar-refractivity contribution in [2.24, 2.45) is 5.92 Å². The summed E-state index contributed by atoms with van der Waals surface area (Å²) in [7, 11) is 0. The van der Waals surface area contributed by atoms with Gasteiger partial charge in [0, 0.05) is 0 Å². The lowest BCUT2D eigenvalue weighted by atomic mass is 9.98. The normalized spacial score (nSPS) is 18.3. The second kappa shape index (κ2) is 9.67. The Labute approximate surface area is 192 Å². The number of fused-ring (bicyclic) bond motifs is 1. The van der Waals surface area contributed by atoms with Crippen molar-refractivity contribution in [3.05, 3.63) is 63.5 Å². The summed E-state index contributed by atoms with van der Waals surface area (Å²) in [6.07, 6.45) is 2.30. The summed E-state index contributed by atoms with van der Waals surface area (Å²) in [5.41, 5.74) is 1.17. The van der Waals surface area contributed by atoms with Crippen LogP contribution in [-0.4, -0.2) is 30.8 Å². The van der Waals surface area contributed by atoms with Crippen molar-refractivity contribution in [3.8, 4) is 17.2 Å². The second-order valence-corrected chi connectivity index (χ2v) is 8.71. The Morgan fingerprint density at radius 1 is 1.15 bits per heavy atom. The molecule has 2 heterocycles. The summed E-state index contributed by atoms with van der Waals surface area (Å²) in [4.78, 5) is 26.5. The van der Waals surface area contributed by atoms with E-state index in [-0.39, 0.29) is 16.9 Å². The Bertz CT molecular complexity index is 1210. The molecule has 174 valence electrons. The molecule has 2 aromatic carbocycles. The molecule has 7 nitrogen and oxygen atoms in total. The average molecular weight is 453 g/mol. The number of carbonyl (C=O) groups is 1. The van der Waals surface area contributed by atoms with Gasteiger partial charge >= 0.3 is 5.97 Å². The van der Waals surface area contributed by atoms with Gasteiger partial charge in [-0.2, -0.15) is 0 Å². The van der Waals surface area contributed by atoms with E-state index in [1.807, 2.05) is 0 Å². The van der Waals surface area contributed by atoms with Gasteiger partial charge in [0.2, 0.25) is 11.2 Å². The number of phenols is 1. The summed E-state index contributed by atoms with van der Waals surface area (Å²) >= 11 is 0. The lowest BCUT2D eigenvalue weighted by molar-refractivity contribution is -0.919. The fourth-order valence-electron chi connectivity index (χ4n) is 4.27. The number of ether oxygens (including phenoxy) is 2. The average Bonchev–Trinajstić information content (AvgIpc) is 2.80. The fraction of sp³-hybridized carbons (Fsp3) is 0.385. The summed E-state index contributed by atoms with van der Waals surface area (Å²) < 4.78 is 16.9. The van der Waals surface area contributed by atoms with Crippen LogP contribution in [0.1, 0.15) is 48.4 Å². The van der Waals surface area contributed by atoms with Crippen molar-refractivity contribution in [2.75, 3.05) is 19.7 Å². The van der Waals surface area contributed by atoms with Crippen molar-refractivity contribution < 1.29 is 28.7 Å². The molecule has 0 aliphatic carbocycles. The molecule has 1 aliphatic heterocycles. The molecule has 1 aromatic heterocycles. The van der Waals surface area contributed by atoms with E-state index in [0.29, 0.717) is 46.8 Å². The molecule has 0 atom stereocenters. The minimum atomic E-state index is -0.414. The molecule has 0 amide bonds. The molecule has 0 bridgehead atoms. The molecule has 33 heavy (non-hydrogen) atoms.